The molecular weight excluding hydrogens is 809 g/mol. The number of aromatic nitrogens is 4. The number of nitrogens with zero attached hydrogens (tertiary/aromatic N) is 9. The Labute approximate surface area is 376 Å². The van der Waals surface area contributed by atoms with E-state index < -0.39 is 11.6 Å². The summed E-state index contributed by atoms with van der Waals surface area (Å²) in [5.41, 5.74) is 2.60. The second-order valence-corrected chi connectivity index (χ2v) is 19.9. The van der Waals surface area contributed by atoms with Gasteiger partial charge in [-0.2, -0.15) is 5.26 Å². The van der Waals surface area contributed by atoms with Crippen LogP contribution in [0.4, 0.5) is 43.7 Å². The molecule has 7 fully saturated rings. The molecule has 7 aliphatic rings. The quantitative estimate of drug-likeness (QED) is 0.133. The van der Waals surface area contributed by atoms with Crippen LogP contribution in [0.25, 0.3) is 0 Å². The van der Waals surface area contributed by atoms with Crippen LogP contribution in [0.1, 0.15) is 99.7 Å². The second kappa shape index (κ2) is 18.8. The first-order valence-corrected chi connectivity index (χ1v) is 24.0. The van der Waals surface area contributed by atoms with E-state index in [9.17, 15) is 8.78 Å². The average Bonchev–Trinajstić information content (AvgIpc) is 4.28. The normalized spacial score (nSPS) is 23.9. The molecule has 4 aromatic rings. The molecule has 3 unspecified atom stereocenters. The number of nitriles is 1. The zero-order chi connectivity index (χ0) is 43.7. The topological polar surface area (TPSA) is 122 Å². The van der Waals surface area contributed by atoms with E-state index in [1.807, 2.05) is 6.07 Å². The second-order valence-electron chi connectivity index (χ2n) is 19.9. The van der Waals surface area contributed by atoms with Crippen molar-refractivity contribution in [1.82, 2.24) is 29.7 Å². The van der Waals surface area contributed by atoms with Crippen LogP contribution < -0.4 is 25.2 Å². The summed E-state index contributed by atoms with van der Waals surface area (Å²) >= 11 is 0. The van der Waals surface area contributed by atoms with E-state index in [0.717, 1.165) is 80.4 Å². The minimum absolute atomic E-state index is 0.0489. The fraction of sp³-hybridized carbons (Fsp3) is 0.580. The fourth-order valence-electron chi connectivity index (χ4n) is 10.4. The molecule has 0 spiro atoms. The van der Waals surface area contributed by atoms with Gasteiger partial charge in [-0.3, -0.25) is 0 Å². The SMILES string of the molecule is COc1cnc(Nc2cc(C3CCN(CC4CC4)CC3)cc(N3CCC(C)C3)n2)cc1F.N#Cc1cnc(Nc2cc(C3CCN(CC4CC4)CC3)cc(N3CC4CC4C3)n2)cc1F. The average molecular weight is 872 g/mol. The Morgan fingerprint density at radius 2 is 1.17 bits per heavy atom. The molecule has 3 saturated carbocycles. The Morgan fingerprint density at radius 3 is 1.64 bits per heavy atom. The number of nitrogens with one attached hydrogen (secondary N) is 2. The number of methoxy groups -OCH3 is 1. The molecular formula is C50H63F2N11O. The highest BCUT2D eigenvalue weighted by Gasteiger charge is 2.45. The minimum Gasteiger partial charge on any atom is -0.492 e. The van der Waals surface area contributed by atoms with Crippen LogP contribution in [0.15, 0.2) is 48.8 Å². The Morgan fingerprint density at radius 1 is 0.641 bits per heavy atom. The number of rotatable bonds is 13. The lowest BCUT2D eigenvalue weighted by atomic mass is 9.89. The summed E-state index contributed by atoms with van der Waals surface area (Å²) in [6.07, 6.45) is 15.6. The number of pyridine rings is 4. The molecule has 0 radical (unpaired) electrons. The van der Waals surface area contributed by atoms with E-state index >= 15 is 0 Å². The van der Waals surface area contributed by atoms with Gasteiger partial charge in [0.05, 0.1) is 19.5 Å². The lowest BCUT2D eigenvalue weighted by Gasteiger charge is -2.33. The van der Waals surface area contributed by atoms with Crippen molar-refractivity contribution in [3.63, 3.8) is 0 Å². The molecule has 3 atom stereocenters. The minimum atomic E-state index is -0.566. The van der Waals surface area contributed by atoms with Crippen LogP contribution in [0, 0.1) is 52.6 Å². The van der Waals surface area contributed by atoms with Gasteiger partial charge in [-0.05, 0) is 167 Å². The molecule has 64 heavy (non-hydrogen) atoms. The number of likely N-dealkylation sites (tertiary alicyclic amines) is 2. The van der Waals surface area contributed by atoms with E-state index in [1.54, 1.807) is 0 Å². The number of fused-ring (bicyclic) bond motifs is 1. The molecule has 4 aromatic heterocycles. The van der Waals surface area contributed by atoms with Gasteiger partial charge in [-0.1, -0.05) is 6.92 Å². The monoisotopic (exact) mass is 872 g/mol. The smallest absolute Gasteiger partial charge is 0.172 e. The maximum absolute atomic E-state index is 14.2. The predicted molar refractivity (Wildman–Crippen MR) is 247 cm³/mol. The van der Waals surface area contributed by atoms with Crippen molar-refractivity contribution in [1.29, 1.82) is 5.26 Å². The van der Waals surface area contributed by atoms with Gasteiger partial charge in [0.15, 0.2) is 11.6 Å². The molecule has 8 heterocycles. The molecule has 4 aliphatic heterocycles. The first-order valence-electron chi connectivity index (χ1n) is 24.0. The maximum Gasteiger partial charge on any atom is 0.172 e. The zero-order valence-corrected chi connectivity index (χ0v) is 37.5. The van der Waals surface area contributed by atoms with Crippen LogP contribution in [0.2, 0.25) is 0 Å². The summed E-state index contributed by atoms with van der Waals surface area (Å²) in [6.45, 7) is 13.8. The number of anilines is 6. The first kappa shape index (κ1) is 42.8. The molecule has 338 valence electrons. The molecule has 3 aliphatic carbocycles. The standard InChI is InChI=1S/C25H29FN6.C25H34FN5O/c26-22-10-23(28-12-21(22)11-27)29-24-8-18(9-25(30-24)32-14-19-7-20(19)15-32)17-3-5-31(6-4-17)13-16-1-2-16;1-17-5-10-31(15-17)25-12-20(19-6-8-30(9-7-19)16-18-3-4-18)11-24(29-25)28-23-13-21(26)22(32-2)14-27-23/h8-10,12,16-17,19-20H,1-7,13-15H2,(H,28,29,30);11-14,17-19H,3-10,15-16H2,1-2H3,(H,27,28,29). The Kier molecular flexibility index (Phi) is 12.5. The van der Waals surface area contributed by atoms with E-state index in [2.05, 4.69) is 71.4 Å². The summed E-state index contributed by atoms with van der Waals surface area (Å²) in [6, 6.07) is 13.3. The lowest BCUT2D eigenvalue weighted by molar-refractivity contribution is 0.204. The van der Waals surface area contributed by atoms with Gasteiger partial charge in [0.1, 0.15) is 52.4 Å². The first-order chi connectivity index (χ1) is 31.2. The van der Waals surface area contributed by atoms with E-state index in [1.165, 1.54) is 133 Å². The highest BCUT2D eigenvalue weighted by atomic mass is 19.1. The molecule has 12 nitrogen and oxygen atoms in total. The fourth-order valence-corrected chi connectivity index (χ4v) is 10.4. The van der Waals surface area contributed by atoms with Crippen molar-refractivity contribution >= 4 is 34.9 Å². The molecule has 0 amide bonds. The molecule has 4 saturated heterocycles. The van der Waals surface area contributed by atoms with Crippen LogP contribution in [-0.4, -0.2) is 102 Å². The Bertz CT molecular complexity index is 2310. The number of hydrogen-bond donors (Lipinski definition) is 2. The maximum atomic E-state index is 14.2. The van der Waals surface area contributed by atoms with Crippen molar-refractivity contribution in [3.05, 3.63) is 77.1 Å². The third-order valence-corrected chi connectivity index (χ3v) is 14.8. The van der Waals surface area contributed by atoms with Gasteiger partial charge in [0.25, 0.3) is 0 Å². The summed E-state index contributed by atoms with van der Waals surface area (Å²) in [5.74, 6) is 8.72. The Hall–Kier alpha value is -5.13. The van der Waals surface area contributed by atoms with Gasteiger partial charge in [-0.15, -0.1) is 0 Å². The Balaban J connectivity index is 0.000000151. The number of piperidine rings is 3. The predicted octanol–water partition coefficient (Wildman–Crippen LogP) is 9.08. The van der Waals surface area contributed by atoms with Gasteiger partial charge in [0, 0.05) is 51.4 Å². The number of ether oxygens (including phenoxy) is 1. The van der Waals surface area contributed by atoms with E-state index in [4.69, 9.17) is 20.0 Å². The van der Waals surface area contributed by atoms with Gasteiger partial charge in [0.2, 0.25) is 0 Å². The van der Waals surface area contributed by atoms with Gasteiger partial charge in [-0.25, -0.2) is 28.7 Å². The lowest BCUT2D eigenvalue weighted by Crippen LogP contribution is -2.34. The number of hydrogen-bond acceptors (Lipinski definition) is 12. The van der Waals surface area contributed by atoms with Crippen LogP contribution >= 0.6 is 0 Å². The van der Waals surface area contributed by atoms with Crippen molar-refractivity contribution in [2.75, 3.05) is 93.0 Å². The highest BCUT2D eigenvalue weighted by Crippen LogP contribution is 2.47. The summed E-state index contributed by atoms with van der Waals surface area (Å²) < 4.78 is 33.3. The molecule has 0 bridgehead atoms. The highest BCUT2D eigenvalue weighted by molar-refractivity contribution is 5.60. The van der Waals surface area contributed by atoms with Gasteiger partial charge >= 0.3 is 0 Å². The van der Waals surface area contributed by atoms with E-state index in [0.29, 0.717) is 35.2 Å². The van der Waals surface area contributed by atoms with Crippen molar-refractivity contribution in [3.8, 4) is 11.8 Å². The zero-order valence-electron chi connectivity index (χ0n) is 37.5. The summed E-state index contributed by atoms with van der Waals surface area (Å²) in [5, 5.41) is 15.4. The van der Waals surface area contributed by atoms with Crippen LogP contribution in [-0.2, 0) is 0 Å². The largest absolute Gasteiger partial charge is 0.492 e. The van der Waals surface area contributed by atoms with E-state index in [-0.39, 0.29) is 11.3 Å². The third-order valence-electron chi connectivity index (χ3n) is 14.8. The summed E-state index contributed by atoms with van der Waals surface area (Å²) in [7, 11) is 1.44. The third kappa shape index (κ3) is 10.5. The van der Waals surface area contributed by atoms with Gasteiger partial charge < -0.3 is 35.0 Å². The molecule has 0 aromatic carbocycles. The molecule has 2 N–H and O–H groups in total. The van der Waals surface area contributed by atoms with Crippen molar-refractivity contribution in [2.45, 2.75) is 83.0 Å². The molecule has 11 rings (SSSR count). The summed E-state index contributed by atoms with van der Waals surface area (Å²) in [4.78, 5) is 28.3. The van der Waals surface area contributed by atoms with Crippen molar-refractivity contribution < 1.29 is 13.5 Å². The van der Waals surface area contributed by atoms with Crippen molar-refractivity contribution in [2.24, 2.45) is 29.6 Å². The number of halogens is 2. The molecule has 14 heteroatoms. The van der Waals surface area contributed by atoms with Crippen LogP contribution in [0.3, 0.4) is 0 Å². The van der Waals surface area contributed by atoms with Crippen LogP contribution in [0.5, 0.6) is 5.75 Å².